The summed E-state index contributed by atoms with van der Waals surface area (Å²) in [6.07, 6.45) is -2.66. The van der Waals surface area contributed by atoms with E-state index in [-0.39, 0.29) is 6.61 Å². The topological polar surface area (TPSA) is 55.6 Å². The van der Waals surface area contributed by atoms with Crippen LogP contribution in [0.25, 0.3) is 16.9 Å². The number of imidazole rings is 1. The van der Waals surface area contributed by atoms with Crippen molar-refractivity contribution < 1.29 is 22.7 Å². The van der Waals surface area contributed by atoms with Gasteiger partial charge in [0.25, 0.3) is 0 Å². The average Bonchev–Trinajstić information content (AvgIpc) is 3.17. The quantitative estimate of drug-likeness (QED) is 0.390. The molecule has 1 N–H and O–H groups in total. The molecule has 0 radical (unpaired) electrons. The molecule has 8 heteroatoms. The summed E-state index contributed by atoms with van der Waals surface area (Å²) in [5, 5.41) is 3.04. The van der Waals surface area contributed by atoms with E-state index < -0.39 is 23.8 Å². The van der Waals surface area contributed by atoms with Crippen LogP contribution in [0, 0.1) is 0 Å². The number of esters is 1. The van der Waals surface area contributed by atoms with E-state index in [2.05, 4.69) is 5.32 Å². The third-order valence-electron chi connectivity index (χ3n) is 4.93. The molecule has 32 heavy (non-hydrogen) atoms. The zero-order chi connectivity index (χ0) is 22.7. The van der Waals surface area contributed by atoms with Crippen molar-refractivity contribution in [1.82, 2.24) is 9.38 Å². The molecule has 0 saturated heterocycles. The van der Waals surface area contributed by atoms with Crippen LogP contribution in [0.1, 0.15) is 24.2 Å². The molecule has 5 nitrogen and oxygen atoms in total. The minimum Gasteiger partial charge on any atom is -0.464 e. The maximum absolute atomic E-state index is 13.0. The number of alkyl halides is 3. The number of fused-ring (bicyclic) bond motifs is 1. The van der Waals surface area contributed by atoms with Gasteiger partial charge in [-0.2, -0.15) is 13.2 Å². The molecule has 2 aromatic heterocycles. The summed E-state index contributed by atoms with van der Waals surface area (Å²) in [6.45, 7) is 1.85. The average molecular weight is 439 g/mol. The molecule has 2 heterocycles. The first-order chi connectivity index (χ1) is 15.4. The van der Waals surface area contributed by atoms with Crippen molar-refractivity contribution in [3.63, 3.8) is 0 Å². The van der Waals surface area contributed by atoms with Crippen LogP contribution >= 0.6 is 0 Å². The highest BCUT2D eigenvalue weighted by Gasteiger charge is 2.32. The molecule has 4 rings (SSSR count). The van der Waals surface area contributed by atoms with Gasteiger partial charge in [-0.15, -0.1) is 0 Å². The van der Waals surface area contributed by atoms with E-state index in [9.17, 15) is 18.0 Å². The second-order valence-electron chi connectivity index (χ2n) is 7.05. The van der Waals surface area contributed by atoms with Crippen LogP contribution in [-0.4, -0.2) is 22.0 Å². The highest BCUT2D eigenvalue weighted by Crippen LogP contribution is 2.33. The van der Waals surface area contributed by atoms with Gasteiger partial charge < -0.3 is 14.5 Å². The number of pyridine rings is 1. The molecule has 0 amide bonds. The molecule has 1 atom stereocenters. The summed E-state index contributed by atoms with van der Waals surface area (Å²) in [5.41, 5.74) is 2.12. The summed E-state index contributed by atoms with van der Waals surface area (Å²) >= 11 is 0. The van der Waals surface area contributed by atoms with Gasteiger partial charge in [-0.05, 0) is 43.3 Å². The standard InChI is InChI=1S/C24H20F3N3O2/c1-2-32-23(31)21(28-18-13-11-17(12-14-18)24(25,26)27)22-20(16-8-4-3-5-9-16)29-19-10-6-7-15-30(19)22/h3-15,21,28H,2H2,1H3. The number of anilines is 1. The lowest BCUT2D eigenvalue weighted by atomic mass is 10.0. The minimum absolute atomic E-state index is 0.154. The summed E-state index contributed by atoms with van der Waals surface area (Å²) < 4.78 is 45.9. The Bertz CT molecular complexity index is 1220. The van der Waals surface area contributed by atoms with E-state index in [4.69, 9.17) is 9.72 Å². The van der Waals surface area contributed by atoms with E-state index in [1.165, 1.54) is 12.1 Å². The molecule has 1 unspecified atom stereocenters. The molecular weight excluding hydrogens is 419 g/mol. The Labute approximate surface area is 182 Å². The van der Waals surface area contributed by atoms with Gasteiger partial charge in [0, 0.05) is 17.4 Å². The number of nitrogens with zero attached hydrogens (tertiary/aromatic N) is 2. The molecule has 0 spiro atoms. The molecule has 0 aliphatic carbocycles. The second-order valence-corrected chi connectivity index (χ2v) is 7.05. The first kappa shape index (κ1) is 21.4. The van der Waals surface area contributed by atoms with Crippen molar-refractivity contribution in [2.75, 3.05) is 11.9 Å². The number of rotatable bonds is 6. The monoisotopic (exact) mass is 439 g/mol. The van der Waals surface area contributed by atoms with Crippen LogP contribution in [0.15, 0.2) is 79.0 Å². The van der Waals surface area contributed by atoms with E-state index in [1.807, 2.05) is 48.5 Å². The number of carbonyl (C=O) groups excluding carboxylic acids is 1. The van der Waals surface area contributed by atoms with Gasteiger partial charge in [0.15, 0.2) is 6.04 Å². The van der Waals surface area contributed by atoms with E-state index in [0.29, 0.717) is 22.7 Å². The minimum atomic E-state index is -4.44. The third kappa shape index (κ3) is 4.30. The molecule has 164 valence electrons. The SMILES string of the molecule is CCOC(=O)C(Nc1ccc(C(F)(F)F)cc1)c1c(-c2ccccc2)nc2ccccn12. The molecule has 4 aromatic rings. The Kier molecular flexibility index (Phi) is 5.85. The Morgan fingerprint density at radius 3 is 2.38 bits per heavy atom. The van der Waals surface area contributed by atoms with Crippen molar-refractivity contribution >= 4 is 17.3 Å². The number of nitrogens with one attached hydrogen (secondary N) is 1. The number of benzene rings is 2. The summed E-state index contributed by atoms with van der Waals surface area (Å²) in [6, 6.07) is 18.4. The molecule has 0 aliphatic heterocycles. The smallest absolute Gasteiger partial charge is 0.416 e. The van der Waals surface area contributed by atoms with Gasteiger partial charge in [0.05, 0.1) is 23.6 Å². The number of ether oxygens (including phenoxy) is 1. The molecule has 0 aliphatic rings. The van der Waals surface area contributed by atoms with Gasteiger partial charge in [-0.1, -0.05) is 36.4 Å². The number of halogens is 3. The highest BCUT2D eigenvalue weighted by atomic mass is 19.4. The van der Waals surface area contributed by atoms with Crippen molar-refractivity contribution in [2.45, 2.75) is 19.1 Å². The van der Waals surface area contributed by atoms with Gasteiger partial charge in [-0.25, -0.2) is 9.78 Å². The lowest BCUT2D eigenvalue weighted by Crippen LogP contribution is -2.25. The van der Waals surface area contributed by atoms with E-state index in [1.54, 1.807) is 17.5 Å². The van der Waals surface area contributed by atoms with Crippen LogP contribution in [0.4, 0.5) is 18.9 Å². The van der Waals surface area contributed by atoms with Gasteiger partial charge in [-0.3, -0.25) is 0 Å². The van der Waals surface area contributed by atoms with Gasteiger partial charge in [0.1, 0.15) is 5.65 Å². The maximum Gasteiger partial charge on any atom is 0.416 e. The number of carbonyl (C=O) groups is 1. The van der Waals surface area contributed by atoms with Crippen LogP contribution in [0.5, 0.6) is 0 Å². The van der Waals surface area contributed by atoms with Crippen molar-refractivity contribution in [3.8, 4) is 11.3 Å². The first-order valence-corrected chi connectivity index (χ1v) is 10.0. The fraction of sp³-hybridized carbons (Fsp3) is 0.167. The Morgan fingerprint density at radius 1 is 1.03 bits per heavy atom. The Morgan fingerprint density at radius 2 is 1.72 bits per heavy atom. The van der Waals surface area contributed by atoms with Crippen molar-refractivity contribution in [3.05, 3.63) is 90.3 Å². The normalized spacial score (nSPS) is 12.5. The number of aromatic nitrogens is 2. The van der Waals surface area contributed by atoms with Crippen molar-refractivity contribution in [1.29, 1.82) is 0 Å². The zero-order valence-corrected chi connectivity index (χ0v) is 17.1. The van der Waals surface area contributed by atoms with Crippen LogP contribution in [0.2, 0.25) is 0 Å². The lowest BCUT2D eigenvalue weighted by Gasteiger charge is -2.20. The highest BCUT2D eigenvalue weighted by molar-refractivity contribution is 5.84. The number of hydrogen-bond donors (Lipinski definition) is 1. The fourth-order valence-corrected chi connectivity index (χ4v) is 3.49. The Hall–Kier alpha value is -3.81. The lowest BCUT2D eigenvalue weighted by molar-refractivity contribution is -0.144. The van der Waals surface area contributed by atoms with Crippen LogP contribution in [-0.2, 0) is 15.7 Å². The van der Waals surface area contributed by atoms with Gasteiger partial charge >= 0.3 is 12.1 Å². The molecule has 0 bridgehead atoms. The maximum atomic E-state index is 13.0. The van der Waals surface area contributed by atoms with Crippen molar-refractivity contribution in [2.24, 2.45) is 0 Å². The molecule has 0 saturated carbocycles. The molecule has 2 aromatic carbocycles. The number of hydrogen-bond acceptors (Lipinski definition) is 4. The third-order valence-corrected chi connectivity index (χ3v) is 4.93. The largest absolute Gasteiger partial charge is 0.464 e. The summed E-state index contributed by atoms with van der Waals surface area (Å²) in [4.78, 5) is 17.7. The fourth-order valence-electron chi connectivity index (χ4n) is 3.49. The zero-order valence-electron chi connectivity index (χ0n) is 17.1. The first-order valence-electron chi connectivity index (χ1n) is 10.0. The molecular formula is C24H20F3N3O2. The predicted octanol–water partition coefficient (Wildman–Crippen LogP) is 5.74. The Balaban J connectivity index is 1.83. The van der Waals surface area contributed by atoms with Crippen LogP contribution < -0.4 is 5.32 Å². The summed E-state index contributed by atoms with van der Waals surface area (Å²) in [5.74, 6) is -0.560. The summed E-state index contributed by atoms with van der Waals surface area (Å²) in [7, 11) is 0. The molecule has 0 fully saturated rings. The predicted molar refractivity (Wildman–Crippen MR) is 115 cm³/mol. The van der Waals surface area contributed by atoms with E-state index in [0.717, 1.165) is 17.7 Å². The second kappa shape index (κ2) is 8.74. The van der Waals surface area contributed by atoms with Crippen LogP contribution in [0.3, 0.4) is 0 Å². The van der Waals surface area contributed by atoms with E-state index >= 15 is 0 Å². The van der Waals surface area contributed by atoms with Gasteiger partial charge in [0.2, 0.25) is 0 Å².